The molecule has 0 bridgehead atoms. The molecule has 1 aliphatic heterocycles. The minimum absolute atomic E-state index is 0.223. The lowest BCUT2D eigenvalue weighted by Gasteiger charge is -2.10. The van der Waals surface area contributed by atoms with E-state index in [2.05, 4.69) is 0 Å². The molecule has 1 saturated heterocycles. The molecule has 14 heavy (non-hydrogen) atoms. The van der Waals surface area contributed by atoms with Crippen LogP contribution in [0.3, 0.4) is 0 Å². The van der Waals surface area contributed by atoms with E-state index < -0.39 is 12.1 Å². The standard InChI is InChI=1S/C10H9ClO3/c11-7-3-1-2-6(4-7)8-5-14-10(13)9(8)12/h1-4,8-9,12H,5H2. The van der Waals surface area contributed by atoms with Crippen LogP contribution in [0.2, 0.25) is 5.02 Å². The molecule has 0 amide bonds. The number of rotatable bonds is 1. The van der Waals surface area contributed by atoms with Gasteiger partial charge in [0.2, 0.25) is 0 Å². The Labute approximate surface area is 86.3 Å². The highest BCUT2D eigenvalue weighted by atomic mass is 35.5. The Morgan fingerprint density at radius 3 is 2.86 bits per heavy atom. The van der Waals surface area contributed by atoms with Crippen LogP contribution >= 0.6 is 11.6 Å². The van der Waals surface area contributed by atoms with Crippen molar-refractivity contribution in [3.05, 3.63) is 34.9 Å². The lowest BCUT2D eigenvalue weighted by Crippen LogP contribution is -2.19. The summed E-state index contributed by atoms with van der Waals surface area (Å²) in [5, 5.41) is 10.1. The number of aliphatic hydroxyl groups excluding tert-OH is 1. The van der Waals surface area contributed by atoms with E-state index in [0.717, 1.165) is 5.56 Å². The summed E-state index contributed by atoms with van der Waals surface area (Å²) in [5.74, 6) is -0.851. The Bertz CT molecular complexity index is 364. The number of cyclic esters (lactones) is 1. The van der Waals surface area contributed by atoms with Gasteiger partial charge in [0, 0.05) is 5.02 Å². The summed E-state index contributed by atoms with van der Waals surface area (Å²) in [4.78, 5) is 10.9. The van der Waals surface area contributed by atoms with Gasteiger partial charge >= 0.3 is 5.97 Å². The molecule has 1 fully saturated rings. The van der Waals surface area contributed by atoms with Crippen LogP contribution in [0.4, 0.5) is 0 Å². The van der Waals surface area contributed by atoms with Crippen molar-refractivity contribution in [3.63, 3.8) is 0 Å². The normalized spacial score (nSPS) is 26.3. The quantitative estimate of drug-likeness (QED) is 0.715. The van der Waals surface area contributed by atoms with E-state index in [0.29, 0.717) is 5.02 Å². The van der Waals surface area contributed by atoms with E-state index in [9.17, 15) is 9.90 Å². The Hall–Kier alpha value is -1.06. The maximum atomic E-state index is 10.9. The predicted molar refractivity (Wildman–Crippen MR) is 51.2 cm³/mol. The molecule has 0 saturated carbocycles. The lowest BCUT2D eigenvalue weighted by atomic mass is 9.96. The molecule has 0 spiro atoms. The van der Waals surface area contributed by atoms with Gasteiger partial charge in [-0.25, -0.2) is 4.79 Å². The number of hydrogen-bond donors (Lipinski definition) is 1. The Kier molecular flexibility index (Phi) is 2.44. The molecule has 1 heterocycles. The first-order chi connectivity index (χ1) is 6.68. The highest BCUT2D eigenvalue weighted by Gasteiger charge is 2.36. The fourth-order valence-corrected chi connectivity index (χ4v) is 1.73. The van der Waals surface area contributed by atoms with Crippen molar-refractivity contribution in [1.82, 2.24) is 0 Å². The number of aliphatic hydroxyl groups is 1. The minimum Gasteiger partial charge on any atom is -0.463 e. The van der Waals surface area contributed by atoms with Gasteiger partial charge in [-0.05, 0) is 17.7 Å². The average molecular weight is 213 g/mol. The average Bonchev–Trinajstić information content (AvgIpc) is 2.48. The van der Waals surface area contributed by atoms with E-state index in [1.165, 1.54) is 0 Å². The number of ether oxygens (including phenoxy) is 1. The van der Waals surface area contributed by atoms with Crippen molar-refractivity contribution < 1.29 is 14.6 Å². The first-order valence-electron chi connectivity index (χ1n) is 4.28. The summed E-state index contributed by atoms with van der Waals surface area (Å²) < 4.78 is 4.74. The van der Waals surface area contributed by atoms with Crippen LogP contribution < -0.4 is 0 Å². The summed E-state index contributed by atoms with van der Waals surface area (Å²) >= 11 is 5.80. The summed E-state index contributed by atoms with van der Waals surface area (Å²) in [6.07, 6.45) is -1.06. The van der Waals surface area contributed by atoms with Gasteiger partial charge < -0.3 is 9.84 Å². The van der Waals surface area contributed by atoms with Crippen molar-refractivity contribution in [2.75, 3.05) is 6.61 Å². The molecule has 1 aromatic rings. The van der Waals surface area contributed by atoms with E-state index in [-0.39, 0.29) is 12.5 Å². The zero-order valence-electron chi connectivity index (χ0n) is 7.31. The maximum absolute atomic E-state index is 10.9. The van der Waals surface area contributed by atoms with Crippen LogP contribution in [-0.2, 0) is 9.53 Å². The monoisotopic (exact) mass is 212 g/mol. The lowest BCUT2D eigenvalue weighted by molar-refractivity contribution is -0.144. The van der Waals surface area contributed by atoms with Gasteiger partial charge in [-0.3, -0.25) is 0 Å². The molecule has 4 heteroatoms. The zero-order chi connectivity index (χ0) is 10.1. The van der Waals surface area contributed by atoms with Crippen molar-refractivity contribution >= 4 is 17.6 Å². The second kappa shape index (κ2) is 3.59. The number of carbonyl (C=O) groups excluding carboxylic acids is 1. The Balaban J connectivity index is 2.28. The van der Waals surface area contributed by atoms with E-state index >= 15 is 0 Å². The van der Waals surface area contributed by atoms with Gasteiger partial charge in [0.1, 0.15) is 6.61 Å². The fraction of sp³-hybridized carbons (Fsp3) is 0.300. The smallest absolute Gasteiger partial charge is 0.335 e. The Morgan fingerprint density at radius 2 is 2.29 bits per heavy atom. The van der Waals surface area contributed by atoms with Gasteiger partial charge in [0.15, 0.2) is 6.10 Å². The molecule has 1 aliphatic rings. The first kappa shape index (κ1) is 9.49. The SMILES string of the molecule is O=C1OCC(c2cccc(Cl)c2)C1O. The molecule has 3 nitrogen and oxygen atoms in total. The van der Waals surface area contributed by atoms with E-state index in [1.54, 1.807) is 18.2 Å². The van der Waals surface area contributed by atoms with Crippen LogP contribution in [-0.4, -0.2) is 23.8 Å². The van der Waals surface area contributed by atoms with Gasteiger partial charge in [-0.1, -0.05) is 23.7 Å². The highest BCUT2D eigenvalue weighted by Crippen LogP contribution is 2.28. The van der Waals surface area contributed by atoms with Crippen molar-refractivity contribution in [2.45, 2.75) is 12.0 Å². The summed E-state index contributed by atoms with van der Waals surface area (Å²) in [6.45, 7) is 0.223. The third kappa shape index (κ3) is 1.61. The van der Waals surface area contributed by atoms with Gasteiger partial charge in [0.25, 0.3) is 0 Å². The molecule has 0 aliphatic carbocycles. The molecule has 74 valence electrons. The third-order valence-electron chi connectivity index (χ3n) is 2.30. The van der Waals surface area contributed by atoms with Crippen molar-refractivity contribution in [2.24, 2.45) is 0 Å². The van der Waals surface area contributed by atoms with Crippen LogP contribution in [0.25, 0.3) is 0 Å². The van der Waals surface area contributed by atoms with Gasteiger partial charge in [-0.15, -0.1) is 0 Å². The molecule has 2 atom stereocenters. The molecule has 2 unspecified atom stereocenters. The number of halogens is 1. The van der Waals surface area contributed by atoms with Gasteiger partial charge in [-0.2, -0.15) is 0 Å². The Morgan fingerprint density at radius 1 is 1.50 bits per heavy atom. The van der Waals surface area contributed by atoms with Crippen molar-refractivity contribution in [1.29, 1.82) is 0 Å². The summed E-state index contributed by atoms with van der Waals surface area (Å²) in [5.41, 5.74) is 0.829. The van der Waals surface area contributed by atoms with Gasteiger partial charge in [0.05, 0.1) is 5.92 Å². The molecule has 0 radical (unpaired) electrons. The number of esters is 1. The zero-order valence-corrected chi connectivity index (χ0v) is 8.07. The largest absolute Gasteiger partial charge is 0.463 e. The second-order valence-corrected chi connectivity index (χ2v) is 3.67. The van der Waals surface area contributed by atoms with E-state index in [1.807, 2.05) is 6.07 Å². The van der Waals surface area contributed by atoms with Crippen LogP contribution in [0.1, 0.15) is 11.5 Å². The number of hydrogen-bond acceptors (Lipinski definition) is 3. The summed E-state index contributed by atoms with van der Waals surface area (Å²) in [7, 11) is 0. The molecular weight excluding hydrogens is 204 g/mol. The molecule has 0 aromatic heterocycles. The second-order valence-electron chi connectivity index (χ2n) is 3.24. The topological polar surface area (TPSA) is 46.5 Å². The molecule has 1 aromatic carbocycles. The maximum Gasteiger partial charge on any atom is 0.335 e. The van der Waals surface area contributed by atoms with Crippen LogP contribution in [0, 0.1) is 0 Å². The summed E-state index contributed by atoms with van der Waals surface area (Å²) in [6, 6.07) is 7.08. The molecular formula is C10H9ClO3. The first-order valence-corrected chi connectivity index (χ1v) is 4.66. The predicted octanol–water partition coefficient (Wildman–Crippen LogP) is 1.34. The highest BCUT2D eigenvalue weighted by molar-refractivity contribution is 6.30. The number of benzene rings is 1. The van der Waals surface area contributed by atoms with E-state index in [4.69, 9.17) is 16.3 Å². The minimum atomic E-state index is -1.06. The third-order valence-corrected chi connectivity index (χ3v) is 2.54. The molecule has 1 N–H and O–H groups in total. The fourth-order valence-electron chi connectivity index (χ4n) is 1.53. The number of carbonyl (C=O) groups is 1. The molecule has 2 rings (SSSR count). The van der Waals surface area contributed by atoms with Crippen LogP contribution in [0.15, 0.2) is 24.3 Å². The van der Waals surface area contributed by atoms with Crippen molar-refractivity contribution in [3.8, 4) is 0 Å². The van der Waals surface area contributed by atoms with Crippen LogP contribution in [0.5, 0.6) is 0 Å².